The maximum atomic E-state index is 11.3. The second-order valence-electron chi connectivity index (χ2n) is 3.16. The molecule has 0 aliphatic carbocycles. The summed E-state index contributed by atoms with van der Waals surface area (Å²) in [4.78, 5) is 11.3. The highest BCUT2D eigenvalue weighted by atomic mass is 16.5. The Morgan fingerprint density at radius 2 is 2.31 bits per heavy atom. The highest BCUT2D eigenvalue weighted by Crippen LogP contribution is 2.14. The molecule has 0 bridgehead atoms. The molecule has 16 heavy (non-hydrogen) atoms. The molecule has 0 radical (unpaired) electrons. The highest BCUT2D eigenvalue weighted by Gasteiger charge is 2.06. The zero-order valence-electron chi connectivity index (χ0n) is 8.99. The lowest BCUT2D eigenvalue weighted by Crippen LogP contribution is -2.10. The van der Waals surface area contributed by atoms with E-state index in [0.717, 1.165) is 0 Å². The Hall–Kier alpha value is -2.06. The summed E-state index contributed by atoms with van der Waals surface area (Å²) in [5, 5.41) is 8.78. The average molecular weight is 219 g/mol. The van der Waals surface area contributed by atoms with E-state index in [2.05, 4.69) is 5.43 Å². The Morgan fingerprint density at radius 3 is 2.88 bits per heavy atom. The highest BCUT2D eigenvalue weighted by molar-refractivity contribution is 5.73. The summed E-state index contributed by atoms with van der Waals surface area (Å²) in [7, 11) is 0. The Kier molecular flexibility index (Phi) is 4.30. The van der Waals surface area contributed by atoms with Crippen molar-refractivity contribution >= 4 is 11.7 Å². The molecule has 0 aliphatic rings. The predicted octanol–water partition coefficient (Wildman–Crippen LogP) is 0.949. The summed E-state index contributed by atoms with van der Waals surface area (Å²) in [5.74, 6) is 4.94. The molecule has 0 aromatic heterocycles. The Morgan fingerprint density at radius 1 is 1.56 bits per heavy atom. The summed E-state index contributed by atoms with van der Waals surface area (Å²) in [5.41, 5.74) is 4.19. The lowest BCUT2D eigenvalue weighted by molar-refractivity contribution is -0.142. The van der Waals surface area contributed by atoms with Crippen molar-refractivity contribution < 1.29 is 9.53 Å². The number of nitrogens with two attached hydrogens (primary N) is 1. The molecule has 0 atom stereocenters. The molecule has 3 N–H and O–H groups in total. The van der Waals surface area contributed by atoms with Gasteiger partial charge in [-0.25, -0.2) is 0 Å². The molecule has 5 nitrogen and oxygen atoms in total. The van der Waals surface area contributed by atoms with Crippen LogP contribution in [-0.4, -0.2) is 12.6 Å². The van der Waals surface area contributed by atoms with Gasteiger partial charge in [-0.15, -0.1) is 0 Å². The number of carbonyl (C=O) groups excluding carboxylic acids is 1. The Labute approximate surface area is 93.8 Å². The van der Waals surface area contributed by atoms with Crippen LogP contribution in [0.2, 0.25) is 0 Å². The second-order valence-corrected chi connectivity index (χ2v) is 3.16. The van der Waals surface area contributed by atoms with Crippen molar-refractivity contribution in [1.82, 2.24) is 0 Å². The van der Waals surface area contributed by atoms with Gasteiger partial charge in [0.1, 0.15) is 0 Å². The van der Waals surface area contributed by atoms with Gasteiger partial charge in [0.15, 0.2) is 0 Å². The van der Waals surface area contributed by atoms with Crippen LogP contribution in [0.5, 0.6) is 0 Å². The number of hydrogen-bond donors (Lipinski definition) is 2. The minimum absolute atomic E-state index is 0.137. The second kappa shape index (κ2) is 5.73. The number of carbonyl (C=O) groups is 1. The third-order valence-corrected chi connectivity index (χ3v) is 1.94. The van der Waals surface area contributed by atoms with Crippen molar-refractivity contribution in [2.45, 2.75) is 13.3 Å². The smallest absolute Gasteiger partial charge is 0.310 e. The van der Waals surface area contributed by atoms with Gasteiger partial charge in [-0.2, -0.15) is 5.26 Å². The zero-order valence-corrected chi connectivity index (χ0v) is 8.99. The van der Waals surface area contributed by atoms with Gasteiger partial charge in [-0.1, -0.05) is 0 Å². The van der Waals surface area contributed by atoms with Crippen molar-refractivity contribution in [3.8, 4) is 6.07 Å². The lowest BCUT2D eigenvalue weighted by atomic mass is 10.1. The van der Waals surface area contributed by atoms with Gasteiger partial charge in [0.2, 0.25) is 0 Å². The van der Waals surface area contributed by atoms with Crippen LogP contribution in [0.1, 0.15) is 18.1 Å². The molecule has 0 spiro atoms. The number of ether oxygens (including phenoxy) is 1. The number of hydrogen-bond acceptors (Lipinski definition) is 5. The van der Waals surface area contributed by atoms with Crippen molar-refractivity contribution in [2.24, 2.45) is 5.84 Å². The van der Waals surface area contributed by atoms with Crippen LogP contribution in [-0.2, 0) is 16.0 Å². The van der Waals surface area contributed by atoms with E-state index < -0.39 is 0 Å². The molecule has 0 saturated carbocycles. The molecule has 0 fully saturated rings. The third kappa shape index (κ3) is 3.26. The van der Waals surface area contributed by atoms with Crippen molar-refractivity contribution in [2.75, 3.05) is 12.0 Å². The van der Waals surface area contributed by atoms with E-state index in [0.29, 0.717) is 23.4 Å². The van der Waals surface area contributed by atoms with Crippen LogP contribution in [0, 0.1) is 11.3 Å². The van der Waals surface area contributed by atoms with Gasteiger partial charge < -0.3 is 10.2 Å². The Balaban J connectivity index is 2.87. The van der Waals surface area contributed by atoms with E-state index >= 15 is 0 Å². The standard InChI is InChI=1S/C11H13N3O2/c1-2-16-11(15)6-8-3-9(7-12)5-10(4-8)14-13/h3-5,14H,2,6,13H2,1H3. The number of nitrogens with one attached hydrogen (secondary N) is 1. The first-order valence-electron chi connectivity index (χ1n) is 4.86. The fourth-order valence-corrected chi connectivity index (χ4v) is 1.32. The number of nitrogens with zero attached hydrogens (tertiary/aromatic N) is 1. The average Bonchev–Trinajstić information content (AvgIpc) is 2.28. The molecule has 5 heteroatoms. The van der Waals surface area contributed by atoms with Crippen molar-refractivity contribution in [1.29, 1.82) is 5.26 Å². The topological polar surface area (TPSA) is 88.1 Å². The van der Waals surface area contributed by atoms with Crippen LogP contribution >= 0.6 is 0 Å². The van der Waals surface area contributed by atoms with Crippen LogP contribution in [0.25, 0.3) is 0 Å². The predicted molar refractivity (Wildman–Crippen MR) is 59.3 cm³/mol. The normalized spacial score (nSPS) is 9.31. The SMILES string of the molecule is CCOC(=O)Cc1cc(C#N)cc(NN)c1. The van der Waals surface area contributed by atoms with Gasteiger partial charge in [0, 0.05) is 0 Å². The fourth-order valence-electron chi connectivity index (χ4n) is 1.32. The summed E-state index contributed by atoms with van der Waals surface area (Å²) in [6, 6.07) is 6.95. The van der Waals surface area contributed by atoms with Crippen molar-refractivity contribution in [3.05, 3.63) is 29.3 Å². The fraction of sp³-hybridized carbons (Fsp3) is 0.273. The number of benzene rings is 1. The number of esters is 1. The molecule has 1 rings (SSSR count). The molecule has 0 amide bonds. The van der Waals surface area contributed by atoms with E-state index in [1.165, 1.54) is 0 Å². The first kappa shape index (κ1) is 12.0. The van der Waals surface area contributed by atoms with Crippen LogP contribution in [0.3, 0.4) is 0 Å². The first-order valence-corrected chi connectivity index (χ1v) is 4.86. The zero-order chi connectivity index (χ0) is 12.0. The van der Waals surface area contributed by atoms with Crippen molar-refractivity contribution in [3.63, 3.8) is 0 Å². The Bertz CT molecular complexity index is 424. The maximum absolute atomic E-state index is 11.3. The minimum atomic E-state index is -0.319. The maximum Gasteiger partial charge on any atom is 0.310 e. The number of anilines is 1. The van der Waals surface area contributed by atoms with Crippen LogP contribution in [0.15, 0.2) is 18.2 Å². The quantitative estimate of drug-likeness (QED) is 0.447. The van der Waals surface area contributed by atoms with Gasteiger partial charge in [-0.3, -0.25) is 10.6 Å². The van der Waals surface area contributed by atoms with Crippen LogP contribution in [0.4, 0.5) is 5.69 Å². The van der Waals surface area contributed by atoms with Crippen LogP contribution < -0.4 is 11.3 Å². The molecule has 0 unspecified atom stereocenters. The van der Waals surface area contributed by atoms with E-state index in [1.807, 2.05) is 6.07 Å². The van der Waals surface area contributed by atoms with E-state index in [9.17, 15) is 4.79 Å². The van der Waals surface area contributed by atoms with E-state index in [4.69, 9.17) is 15.8 Å². The molecule has 1 aromatic rings. The van der Waals surface area contributed by atoms with Gasteiger partial charge >= 0.3 is 5.97 Å². The largest absolute Gasteiger partial charge is 0.466 e. The molecular weight excluding hydrogens is 206 g/mol. The summed E-state index contributed by atoms with van der Waals surface area (Å²) in [6.45, 7) is 2.09. The summed E-state index contributed by atoms with van der Waals surface area (Å²) >= 11 is 0. The number of nitriles is 1. The number of hydrazine groups is 1. The summed E-state index contributed by atoms with van der Waals surface area (Å²) in [6.07, 6.45) is 0.137. The van der Waals surface area contributed by atoms with Gasteiger partial charge in [-0.05, 0) is 30.7 Å². The number of nitrogen functional groups attached to an aromatic ring is 1. The monoisotopic (exact) mass is 219 g/mol. The molecule has 84 valence electrons. The third-order valence-electron chi connectivity index (χ3n) is 1.94. The summed E-state index contributed by atoms with van der Waals surface area (Å²) < 4.78 is 4.82. The number of rotatable bonds is 4. The van der Waals surface area contributed by atoms with Gasteiger partial charge in [0.05, 0.1) is 30.3 Å². The minimum Gasteiger partial charge on any atom is -0.466 e. The van der Waals surface area contributed by atoms with Gasteiger partial charge in [0.25, 0.3) is 0 Å². The molecule has 0 heterocycles. The first-order chi connectivity index (χ1) is 7.69. The molecule has 1 aromatic carbocycles. The molecule has 0 aliphatic heterocycles. The lowest BCUT2D eigenvalue weighted by Gasteiger charge is -2.05. The van der Waals surface area contributed by atoms with E-state index in [-0.39, 0.29) is 12.4 Å². The van der Waals surface area contributed by atoms with E-state index in [1.54, 1.807) is 25.1 Å². The molecular formula is C11H13N3O2. The molecule has 0 saturated heterocycles.